The zero-order chi connectivity index (χ0) is 17.6. The molecule has 0 spiro atoms. The number of nitrogens with one attached hydrogen (secondary N) is 1. The largest absolute Gasteiger partial charge is 0.372 e. The van der Waals surface area contributed by atoms with Crippen molar-refractivity contribution in [3.05, 3.63) is 65.7 Å². The van der Waals surface area contributed by atoms with Crippen molar-refractivity contribution in [3.8, 4) is 0 Å². The van der Waals surface area contributed by atoms with Crippen LogP contribution in [-0.2, 0) is 4.79 Å². The van der Waals surface area contributed by atoms with Gasteiger partial charge in [0, 0.05) is 31.2 Å². The number of benzene rings is 2. The predicted molar refractivity (Wildman–Crippen MR) is 117 cm³/mol. The lowest BCUT2D eigenvalue weighted by molar-refractivity contribution is -0.122. The van der Waals surface area contributed by atoms with Gasteiger partial charge < -0.3 is 16.0 Å². The van der Waals surface area contributed by atoms with Gasteiger partial charge >= 0.3 is 0 Å². The van der Waals surface area contributed by atoms with E-state index in [1.54, 1.807) is 0 Å². The Balaban J connectivity index is 0.00000182. The molecule has 1 fully saturated rings. The molecule has 2 aromatic carbocycles. The van der Waals surface area contributed by atoms with Crippen LogP contribution in [0.15, 0.2) is 54.6 Å². The molecule has 1 saturated heterocycles. The van der Waals surface area contributed by atoms with E-state index in [9.17, 15) is 4.79 Å². The third-order valence-electron chi connectivity index (χ3n) is 4.85. The summed E-state index contributed by atoms with van der Waals surface area (Å²) in [5.74, 6) is -0.0181. The minimum atomic E-state index is -0.274. The number of nitrogens with zero attached hydrogens (tertiary/aromatic N) is 1. The number of carbonyl (C=O) groups excluding carboxylic acids is 1. The van der Waals surface area contributed by atoms with E-state index in [-0.39, 0.29) is 42.8 Å². The quantitative estimate of drug-likeness (QED) is 0.742. The number of anilines is 1. The number of hydrogen-bond acceptors (Lipinski definition) is 3. The highest BCUT2D eigenvalue weighted by Crippen LogP contribution is 2.24. The van der Waals surface area contributed by atoms with Gasteiger partial charge in [-0.05, 0) is 43.0 Å². The molecule has 2 atom stereocenters. The van der Waals surface area contributed by atoms with Gasteiger partial charge in [-0.3, -0.25) is 4.79 Å². The van der Waals surface area contributed by atoms with E-state index in [1.165, 1.54) is 18.5 Å². The van der Waals surface area contributed by atoms with E-state index < -0.39 is 0 Å². The summed E-state index contributed by atoms with van der Waals surface area (Å²) in [4.78, 5) is 14.8. The highest BCUT2D eigenvalue weighted by Gasteiger charge is 2.16. The summed E-state index contributed by atoms with van der Waals surface area (Å²) in [6.07, 6.45) is 2.81. The molecule has 3 N–H and O–H groups in total. The Morgan fingerprint density at radius 3 is 2.33 bits per heavy atom. The minimum Gasteiger partial charge on any atom is -0.372 e. The Morgan fingerprint density at radius 2 is 1.67 bits per heavy atom. The molecule has 1 amide bonds. The smallest absolute Gasteiger partial charge is 0.222 e. The van der Waals surface area contributed by atoms with Crippen molar-refractivity contribution in [2.45, 2.75) is 38.3 Å². The molecule has 0 aromatic heterocycles. The second-order valence-corrected chi connectivity index (χ2v) is 6.80. The topological polar surface area (TPSA) is 58.4 Å². The molecule has 27 heavy (non-hydrogen) atoms. The van der Waals surface area contributed by atoms with Gasteiger partial charge in [-0.1, -0.05) is 42.5 Å². The maximum atomic E-state index is 12.4. The van der Waals surface area contributed by atoms with Gasteiger partial charge in [0.05, 0.1) is 6.04 Å². The van der Waals surface area contributed by atoms with Crippen LogP contribution in [0.2, 0.25) is 0 Å². The molecule has 0 saturated carbocycles. The van der Waals surface area contributed by atoms with E-state index in [1.807, 2.05) is 37.3 Å². The van der Waals surface area contributed by atoms with E-state index >= 15 is 0 Å². The van der Waals surface area contributed by atoms with Gasteiger partial charge in [-0.25, -0.2) is 0 Å². The highest BCUT2D eigenvalue weighted by molar-refractivity contribution is 5.85. The number of nitrogens with two attached hydrogens (primary N) is 1. The van der Waals surface area contributed by atoms with Crippen LogP contribution in [0.5, 0.6) is 0 Å². The number of hydrogen-bond donors (Lipinski definition) is 2. The van der Waals surface area contributed by atoms with Crippen LogP contribution in [0.4, 0.5) is 5.69 Å². The first-order chi connectivity index (χ1) is 12.1. The summed E-state index contributed by atoms with van der Waals surface area (Å²) in [6.45, 7) is 4.27. The number of carbonyl (C=O) groups is 1. The first-order valence-corrected chi connectivity index (χ1v) is 9.08. The molecule has 0 radical (unpaired) electrons. The maximum absolute atomic E-state index is 12.4. The molecule has 6 heteroatoms. The zero-order valence-electron chi connectivity index (χ0n) is 15.6. The summed E-state index contributed by atoms with van der Waals surface area (Å²) in [5, 5.41) is 3.08. The molecule has 148 valence electrons. The lowest BCUT2D eigenvalue weighted by Crippen LogP contribution is -2.30. The van der Waals surface area contributed by atoms with E-state index in [2.05, 4.69) is 34.5 Å². The molecule has 1 aliphatic heterocycles. The van der Waals surface area contributed by atoms with Crippen LogP contribution in [0.25, 0.3) is 0 Å². The number of amides is 1. The normalized spacial score (nSPS) is 15.3. The van der Waals surface area contributed by atoms with Gasteiger partial charge in [0.25, 0.3) is 0 Å². The third-order valence-corrected chi connectivity index (χ3v) is 4.85. The Kier molecular flexibility index (Phi) is 9.64. The molecule has 2 aromatic rings. The molecular formula is C21H29Cl2N3O. The minimum absolute atomic E-state index is 0. The monoisotopic (exact) mass is 409 g/mol. The molecule has 1 aliphatic rings. The van der Waals surface area contributed by atoms with Gasteiger partial charge in [0.2, 0.25) is 5.91 Å². The zero-order valence-corrected chi connectivity index (χ0v) is 17.3. The molecule has 3 rings (SSSR count). The van der Waals surface area contributed by atoms with E-state index in [4.69, 9.17) is 5.73 Å². The predicted octanol–water partition coefficient (Wildman–Crippen LogP) is 4.40. The lowest BCUT2D eigenvalue weighted by atomic mass is 10.0. The summed E-state index contributed by atoms with van der Waals surface area (Å²) < 4.78 is 0. The fraction of sp³-hybridized carbons (Fsp3) is 0.381. The second-order valence-electron chi connectivity index (χ2n) is 6.80. The van der Waals surface area contributed by atoms with Crippen LogP contribution in [0.3, 0.4) is 0 Å². The molecule has 2 unspecified atom stereocenters. The molecule has 0 bridgehead atoms. The maximum Gasteiger partial charge on any atom is 0.222 e. The summed E-state index contributed by atoms with van der Waals surface area (Å²) >= 11 is 0. The van der Waals surface area contributed by atoms with Gasteiger partial charge in [0.1, 0.15) is 0 Å². The fourth-order valence-electron chi connectivity index (χ4n) is 3.37. The molecule has 1 heterocycles. The molecular weight excluding hydrogens is 381 g/mol. The Labute approximate surface area is 174 Å². The van der Waals surface area contributed by atoms with Gasteiger partial charge in [-0.15, -0.1) is 24.8 Å². The lowest BCUT2D eigenvalue weighted by Gasteiger charge is -2.21. The highest BCUT2D eigenvalue weighted by atomic mass is 35.5. The number of halogens is 2. The average Bonchev–Trinajstić information content (AvgIpc) is 3.17. The van der Waals surface area contributed by atoms with Crippen molar-refractivity contribution in [2.24, 2.45) is 5.73 Å². The van der Waals surface area contributed by atoms with Gasteiger partial charge in [0.15, 0.2) is 0 Å². The standard InChI is InChI=1S/C21H27N3O.2ClH/c1-16(18-10-7-11-19(14-18)24-12-5-6-13-24)23-21(25)15-20(22)17-8-3-2-4-9-17;;/h2-4,7-11,14,16,20H,5-6,12-13,15,22H2,1H3,(H,23,25);2*1H. The molecule has 0 aliphatic carbocycles. The van der Waals surface area contributed by atoms with E-state index in [0.29, 0.717) is 6.42 Å². The second kappa shape index (κ2) is 11.2. The third kappa shape index (κ3) is 6.42. The van der Waals surface area contributed by atoms with Crippen molar-refractivity contribution in [3.63, 3.8) is 0 Å². The van der Waals surface area contributed by atoms with Crippen molar-refractivity contribution in [2.75, 3.05) is 18.0 Å². The first kappa shape index (κ1) is 23.3. The Hall–Kier alpha value is -1.75. The van der Waals surface area contributed by atoms with Gasteiger partial charge in [-0.2, -0.15) is 0 Å². The van der Waals surface area contributed by atoms with Crippen molar-refractivity contribution >= 4 is 36.4 Å². The average molecular weight is 410 g/mol. The van der Waals surface area contributed by atoms with Crippen molar-refractivity contribution in [1.29, 1.82) is 0 Å². The number of rotatable bonds is 6. The fourth-order valence-corrected chi connectivity index (χ4v) is 3.37. The van der Waals surface area contributed by atoms with Crippen LogP contribution >= 0.6 is 24.8 Å². The summed E-state index contributed by atoms with van der Waals surface area (Å²) in [6, 6.07) is 17.9. The summed E-state index contributed by atoms with van der Waals surface area (Å²) in [7, 11) is 0. The Morgan fingerprint density at radius 1 is 1.04 bits per heavy atom. The van der Waals surface area contributed by atoms with E-state index in [0.717, 1.165) is 24.2 Å². The molecule has 4 nitrogen and oxygen atoms in total. The SMILES string of the molecule is CC(NC(=O)CC(N)c1ccccc1)c1cccc(N2CCCC2)c1.Cl.Cl. The first-order valence-electron chi connectivity index (χ1n) is 9.08. The van der Waals surface area contributed by atoms with Crippen LogP contribution in [-0.4, -0.2) is 19.0 Å². The Bertz CT molecular complexity index is 706. The van der Waals surface area contributed by atoms with Crippen LogP contribution < -0.4 is 16.0 Å². The summed E-state index contributed by atoms with van der Waals surface area (Å²) in [5.41, 5.74) is 9.51. The van der Waals surface area contributed by atoms with Crippen molar-refractivity contribution in [1.82, 2.24) is 5.32 Å². The van der Waals surface area contributed by atoms with Crippen LogP contribution in [0.1, 0.15) is 49.4 Å². The van der Waals surface area contributed by atoms with Crippen molar-refractivity contribution < 1.29 is 4.79 Å². The van der Waals surface area contributed by atoms with Crippen LogP contribution in [0, 0.1) is 0 Å².